The van der Waals surface area contributed by atoms with Crippen molar-refractivity contribution in [3.8, 4) is 51.4 Å². The first-order valence-corrected chi connectivity index (χ1v) is 41.9. The van der Waals surface area contributed by atoms with Gasteiger partial charge < -0.3 is 118 Å². The van der Waals surface area contributed by atoms with Crippen LogP contribution in [-0.4, -0.2) is 224 Å². The zero-order valence-corrected chi connectivity index (χ0v) is 69.2. The summed E-state index contributed by atoms with van der Waals surface area (Å²) in [5, 5.41) is 107. The van der Waals surface area contributed by atoms with Gasteiger partial charge in [-0.1, -0.05) is 22.8 Å². The van der Waals surface area contributed by atoms with Crippen molar-refractivity contribution in [3.05, 3.63) is 202 Å². The molecule has 0 amide bonds. The highest BCUT2D eigenvalue weighted by atomic mass is 35.5. The lowest BCUT2D eigenvalue weighted by molar-refractivity contribution is -0.0167. The molecule has 0 radical (unpaired) electrons. The van der Waals surface area contributed by atoms with Gasteiger partial charge in [0.2, 0.25) is 0 Å². The van der Waals surface area contributed by atoms with Gasteiger partial charge in [-0.3, -0.25) is 0 Å². The maximum absolute atomic E-state index is 14.7. The minimum Gasteiger partial charge on any atom is -0.494 e. The van der Waals surface area contributed by atoms with E-state index in [1.165, 1.54) is 56.2 Å². The molecule has 12 N–H and O–H groups in total. The Hall–Kier alpha value is -11.2. The van der Waals surface area contributed by atoms with E-state index in [0.29, 0.717) is 147 Å². The van der Waals surface area contributed by atoms with E-state index in [-0.39, 0.29) is 23.7 Å². The van der Waals surface area contributed by atoms with Crippen molar-refractivity contribution in [1.29, 1.82) is 0 Å². The third-order valence-electron chi connectivity index (χ3n) is 25.1. The number of hydrogen-bond donors (Lipinski definition) is 12. The van der Waals surface area contributed by atoms with Crippen molar-refractivity contribution in [2.24, 2.45) is 0 Å². The fourth-order valence-electron chi connectivity index (χ4n) is 18.5. The summed E-state index contributed by atoms with van der Waals surface area (Å²) in [4.78, 5) is 34.3. The molecule has 4 aliphatic carbocycles. The molecule has 8 aliphatic rings. The first-order chi connectivity index (χ1) is 60.1. The van der Waals surface area contributed by atoms with E-state index in [2.05, 4.69) is 72.4 Å². The van der Waals surface area contributed by atoms with Crippen LogP contribution in [0.25, 0.3) is 55.3 Å². The molecule has 9 aromatic heterocycles. The normalized spacial score (nSPS) is 25.7. The average Bonchev–Trinajstić information content (AvgIpc) is 1.57. The number of nitrogens with one attached hydrogen (secondary N) is 4. The van der Waals surface area contributed by atoms with Gasteiger partial charge in [0.25, 0.3) is 0 Å². The van der Waals surface area contributed by atoms with Gasteiger partial charge >= 0.3 is 0 Å². The predicted molar refractivity (Wildman–Crippen MR) is 447 cm³/mol. The largest absolute Gasteiger partial charge is 0.494 e. The van der Waals surface area contributed by atoms with E-state index in [1.807, 2.05) is 101 Å². The van der Waals surface area contributed by atoms with Crippen molar-refractivity contribution < 1.29 is 87.3 Å². The molecular weight excluding hydrogens is 1620 g/mol. The highest BCUT2D eigenvalue weighted by Crippen LogP contribution is 2.46. The number of benzene rings is 4. The molecule has 0 bridgehead atoms. The minimum atomic E-state index is -1.13. The first kappa shape index (κ1) is 83.7. The number of methoxy groups -OCH3 is 1. The predicted octanol–water partition coefficient (Wildman–Crippen LogP) is 7.27. The number of aliphatic hydroxyl groups is 8. The number of ether oxygens (including phenoxy) is 7. The Labute approximate surface area is 713 Å². The molecule has 13 heterocycles. The summed E-state index contributed by atoms with van der Waals surface area (Å²) in [7, 11) is 1.42. The fraction of sp³-hybridized carbons (Fsp3) is 0.420. The Bertz CT molecular complexity index is 5890. The summed E-state index contributed by atoms with van der Waals surface area (Å²) in [5.74, 6) is 2.42. The Morgan fingerprint density at radius 1 is 0.411 bits per heavy atom. The van der Waals surface area contributed by atoms with Gasteiger partial charge in [-0.25, -0.2) is 48.7 Å². The third kappa shape index (κ3) is 16.1. The van der Waals surface area contributed by atoms with Gasteiger partial charge in [-0.05, 0) is 107 Å². The van der Waals surface area contributed by atoms with Gasteiger partial charge in [0.1, 0.15) is 181 Å². The summed E-state index contributed by atoms with van der Waals surface area (Å²) in [6.07, 6.45) is 8.84. The van der Waals surface area contributed by atoms with Crippen LogP contribution in [-0.2, 0) is 39.0 Å². The van der Waals surface area contributed by atoms with Gasteiger partial charge in [-0.15, -0.1) is 0 Å². The van der Waals surface area contributed by atoms with Crippen LogP contribution in [0, 0.1) is 39.3 Å². The van der Waals surface area contributed by atoms with Crippen molar-refractivity contribution >= 4 is 55.7 Å². The zero-order chi connectivity index (χ0) is 85.9. The second kappa shape index (κ2) is 35.5. The van der Waals surface area contributed by atoms with Crippen LogP contribution in [0.4, 0.5) is 8.78 Å². The standard InChI is InChI=1S/C24H25N5O4.C22H25FN4O4.C21H23ClN4O4.C21H23FN4O4/c1-13-17-3-5-29(24(17)27-12-26-13)19-8-21(23(31)22(19)30)33-20-7-15(16-9-28-32-11-16)6-14-2-4-25-10-18(14)20;1-11-12-4-6-27(22(12)26-10-25-11)15-7-18(21(29)20(15)28)31-16-8-17(30-2)19(23)13-3-5-24-9-14(13)16;2*1-11-13-2-4-26(21(13)25-10-24-11)15-8-18(20(28)19(15)27)30-17-7-12(22)6-16-14(17)9-23-3-5-29-16/h3,5-7,9,11-12,19,21-23,25,30-31H,2,4,8,10H2,1H3;4,6,8,10,15,18,20-21,24,28-29H,3,5,7,9H2,1-2H3;2*2,4,6-7,10,15,18-20,23,27-28H,3,5,8-9H2,1H3/t19-,21+,22+,23-;15-,18+,20+,21-;2*15-,18+,19+,20-/m1111/s1. The Kier molecular flexibility index (Phi) is 23.9. The molecular formula is C88H96ClF2N17O16. The fourth-order valence-corrected chi connectivity index (χ4v) is 18.7. The molecule has 13 aromatic rings. The number of aromatic nitrogens is 13. The van der Waals surface area contributed by atoms with Crippen molar-refractivity contribution in [2.75, 3.05) is 46.5 Å². The van der Waals surface area contributed by atoms with E-state index < -0.39 is 91.1 Å². The molecule has 4 fully saturated rings. The second-order valence-corrected chi connectivity index (χ2v) is 32.9. The van der Waals surface area contributed by atoms with Gasteiger partial charge in [-0.2, -0.15) is 0 Å². The molecule has 650 valence electrons. The number of nitrogens with zero attached hydrogens (tertiary/aromatic N) is 13. The highest BCUT2D eigenvalue weighted by molar-refractivity contribution is 6.31. The van der Waals surface area contributed by atoms with Crippen molar-refractivity contribution in [2.45, 2.75) is 190 Å². The van der Waals surface area contributed by atoms with E-state index in [0.717, 1.165) is 103 Å². The second-order valence-electron chi connectivity index (χ2n) is 32.5. The van der Waals surface area contributed by atoms with E-state index in [9.17, 15) is 49.6 Å². The molecule has 4 aromatic carbocycles. The van der Waals surface area contributed by atoms with Crippen molar-refractivity contribution in [3.63, 3.8) is 0 Å². The highest BCUT2D eigenvalue weighted by Gasteiger charge is 2.49. The lowest BCUT2D eigenvalue weighted by Gasteiger charge is -2.25. The van der Waals surface area contributed by atoms with Gasteiger partial charge in [0, 0.05) is 157 Å². The number of aliphatic hydroxyl groups excluding tert-OH is 8. The summed E-state index contributed by atoms with van der Waals surface area (Å²) in [6, 6.07) is 17.9. The number of hydrogen-bond acceptors (Lipinski definition) is 29. The smallest absolute Gasteiger partial charge is 0.168 e. The monoisotopic (exact) mass is 1720 g/mol. The summed E-state index contributed by atoms with van der Waals surface area (Å²) >= 11 is 6.27. The molecule has 16 atom stereocenters. The Balaban J connectivity index is 0.000000113. The number of aryl methyl sites for hydroxylation is 4. The maximum atomic E-state index is 14.7. The summed E-state index contributed by atoms with van der Waals surface area (Å²) in [5.41, 5.74) is 13.3. The lowest BCUT2D eigenvalue weighted by Crippen LogP contribution is -2.35. The Morgan fingerprint density at radius 3 is 1.23 bits per heavy atom. The van der Waals surface area contributed by atoms with Crippen LogP contribution in [0.1, 0.15) is 106 Å². The molecule has 36 heteroatoms. The molecule has 21 rings (SSSR count). The first-order valence-electron chi connectivity index (χ1n) is 41.6. The zero-order valence-electron chi connectivity index (χ0n) is 68.5. The quantitative estimate of drug-likeness (QED) is 0.0509. The molecule has 0 saturated heterocycles. The minimum absolute atomic E-state index is 0.115. The number of fused-ring (bicyclic) bond motifs is 8. The molecule has 4 saturated carbocycles. The maximum Gasteiger partial charge on any atom is 0.168 e. The molecule has 0 unspecified atom stereocenters. The topological polar surface area (TPSA) is 423 Å². The van der Waals surface area contributed by atoms with Crippen molar-refractivity contribution in [1.82, 2.24) is 84.6 Å². The van der Waals surface area contributed by atoms with Gasteiger partial charge in [0.05, 0.1) is 71.4 Å². The van der Waals surface area contributed by atoms with Crippen LogP contribution in [0.3, 0.4) is 0 Å². The van der Waals surface area contributed by atoms with Crippen LogP contribution in [0.5, 0.6) is 40.2 Å². The van der Waals surface area contributed by atoms with Crippen LogP contribution in [0.15, 0.2) is 134 Å². The van der Waals surface area contributed by atoms with Crippen LogP contribution < -0.4 is 54.4 Å². The van der Waals surface area contributed by atoms with E-state index in [1.54, 1.807) is 24.6 Å². The summed E-state index contributed by atoms with van der Waals surface area (Å²) < 4.78 is 82.8. The van der Waals surface area contributed by atoms with Crippen LogP contribution >= 0.6 is 11.6 Å². The number of rotatable bonds is 14. The Morgan fingerprint density at radius 2 is 0.798 bits per heavy atom. The molecule has 4 aliphatic heterocycles. The van der Waals surface area contributed by atoms with E-state index in [4.69, 9.17) is 49.3 Å². The lowest BCUT2D eigenvalue weighted by atomic mass is 9.95. The van der Waals surface area contributed by atoms with E-state index >= 15 is 0 Å². The number of halogens is 3. The third-order valence-corrected chi connectivity index (χ3v) is 25.4. The van der Waals surface area contributed by atoms with Crippen LogP contribution in [0.2, 0.25) is 5.02 Å². The summed E-state index contributed by atoms with van der Waals surface area (Å²) in [6.45, 7) is 13.8. The SMILES string of the molecule is COc1cc(O[C@H]2C[C@@H](n3ccc4c(C)ncnc43)[C@H](O)[C@@H]2O)c2c(c1F)CCNC2.Cc1ncnc2c1ccn2[C@@H]1C[C@H](Oc2cc(-c3cnoc3)cc3c2CNCC3)[C@@H](O)[C@H]1O.Cc1ncnc2c1ccn2[C@@H]1C[C@H](Oc2cc(Cl)cc3c2CNCCO3)[C@@H](O)[C@H]1O.Cc1ncnc2c1ccn2[C@@H]1C[C@H](Oc2cc(F)cc3c2CNCCO3)[C@@H](O)[C@H]1O. The molecule has 33 nitrogen and oxygen atoms in total. The average molecular weight is 1720 g/mol. The molecule has 124 heavy (non-hydrogen) atoms. The molecule has 0 spiro atoms. The van der Waals surface area contributed by atoms with Gasteiger partial charge in [0.15, 0.2) is 11.6 Å².